The highest BCUT2D eigenvalue weighted by Crippen LogP contribution is 2.12. The Balaban J connectivity index is 2.59. The molecule has 1 aromatic rings. The minimum atomic E-state index is -3.51. The molecule has 0 spiro atoms. The molecule has 16 heavy (non-hydrogen) atoms. The van der Waals surface area contributed by atoms with E-state index in [1.54, 1.807) is 12.1 Å². The minimum Gasteiger partial charge on any atom is -0.324 e. The van der Waals surface area contributed by atoms with E-state index in [9.17, 15) is 13.2 Å². The van der Waals surface area contributed by atoms with Gasteiger partial charge in [-0.05, 0) is 5.56 Å². The Kier molecular flexibility index (Phi) is 4.03. The van der Waals surface area contributed by atoms with Crippen LogP contribution in [0.4, 0.5) is 0 Å². The van der Waals surface area contributed by atoms with Gasteiger partial charge in [-0.25, -0.2) is 8.42 Å². The summed E-state index contributed by atoms with van der Waals surface area (Å²) in [5.74, 6) is -0.598. The zero-order chi connectivity index (χ0) is 12.2. The summed E-state index contributed by atoms with van der Waals surface area (Å²) < 4.78 is 23.4. The molecular weight excluding hydrogens is 228 g/mol. The molecule has 0 heterocycles. The van der Waals surface area contributed by atoms with Crippen LogP contribution in [-0.4, -0.2) is 20.6 Å². The van der Waals surface area contributed by atoms with Crippen LogP contribution < -0.4 is 10.5 Å². The monoisotopic (exact) mass is 242 g/mol. The molecule has 1 amide bonds. The minimum absolute atomic E-state index is 0.0584. The highest BCUT2D eigenvalue weighted by molar-refractivity contribution is 7.89. The van der Waals surface area contributed by atoms with Crippen LogP contribution in [0.5, 0.6) is 0 Å². The lowest BCUT2D eigenvalue weighted by Crippen LogP contribution is -2.31. The van der Waals surface area contributed by atoms with Crippen LogP contribution in [0.25, 0.3) is 0 Å². The summed E-state index contributed by atoms with van der Waals surface area (Å²) >= 11 is 0. The maximum Gasteiger partial charge on any atom is 0.235 e. The highest BCUT2D eigenvalue weighted by atomic mass is 32.2. The number of carbonyl (C=O) groups is 1. The molecule has 0 aliphatic rings. The van der Waals surface area contributed by atoms with Crippen LogP contribution in [0, 0.1) is 0 Å². The van der Waals surface area contributed by atoms with E-state index in [-0.39, 0.29) is 6.42 Å². The molecule has 1 aromatic carbocycles. The van der Waals surface area contributed by atoms with E-state index >= 15 is 0 Å². The number of hydrogen-bond donors (Lipinski definition) is 2. The summed E-state index contributed by atoms with van der Waals surface area (Å²) in [5.41, 5.74) is 6.56. The number of rotatable bonds is 4. The van der Waals surface area contributed by atoms with Gasteiger partial charge >= 0.3 is 0 Å². The predicted octanol–water partition coefficient (Wildman–Crippen LogP) is 0.152. The van der Waals surface area contributed by atoms with Crippen molar-refractivity contribution in [2.45, 2.75) is 12.5 Å². The third-order valence-corrected chi connectivity index (χ3v) is 2.53. The summed E-state index contributed by atoms with van der Waals surface area (Å²) in [6.45, 7) is 0. The van der Waals surface area contributed by atoms with E-state index in [0.717, 1.165) is 11.8 Å². The number of hydrogen-bond acceptors (Lipinski definition) is 4. The average molecular weight is 242 g/mol. The molecule has 0 aliphatic carbocycles. The molecule has 1 rings (SSSR count). The maximum absolute atomic E-state index is 11.3. The average Bonchev–Trinajstić information content (AvgIpc) is 2.16. The van der Waals surface area contributed by atoms with Gasteiger partial charge in [0.25, 0.3) is 0 Å². The van der Waals surface area contributed by atoms with Crippen molar-refractivity contribution in [3.8, 4) is 0 Å². The third kappa shape index (κ3) is 4.41. The van der Waals surface area contributed by atoms with Gasteiger partial charge in [-0.15, -0.1) is 0 Å². The van der Waals surface area contributed by atoms with Crippen molar-refractivity contribution >= 4 is 15.9 Å². The smallest absolute Gasteiger partial charge is 0.235 e. The topological polar surface area (TPSA) is 89.3 Å². The normalized spacial score (nSPS) is 13.1. The van der Waals surface area contributed by atoms with E-state index < -0.39 is 22.0 Å². The Hall–Kier alpha value is -1.40. The third-order valence-electron chi connectivity index (χ3n) is 1.93. The maximum atomic E-state index is 11.3. The van der Waals surface area contributed by atoms with Crippen molar-refractivity contribution in [2.24, 2.45) is 5.73 Å². The predicted molar refractivity (Wildman–Crippen MR) is 61.0 cm³/mol. The van der Waals surface area contributed by atoms with Crippen molar-refractivity contribution in [1.29, 1.82) is 0 Å². The van der Waals surface area contributed by atoms with Crippen LogP contribution in [0.3, 0.4) is 0 Å². The second-order valence-corrected chi connectivity index (χ2v) is 5.27. The second-order valence-electron chi connectivity index (χ2n) is 3.52. The molecule has 1 unspecified atom stereocenters. The summed E-state index contributed by atoms with van der Waals surface area (Å²) in [4.78, 5) is 11.3. The first-order valence-electron chi connectivity index (χ1n) is 4.69. The van der Waals surface area contributed by atoms with Gasteiger partial charge in [0.05, 0.1) is 6.26 Å². The quantitative estimate of drug-likeness (QED) is 0.786. The van der Waals surface area contributed by atoms with Crippen LogP contribution >= 0.6 is 0 Å². The molecule has 0 bridgehead atoms. The van der Waals surface area contributed by atoms with E-state index in [1.807, 2.05) is 22.9 Å². The Morgan fingerprint density at radius 2 is 1.94 bits per heavy atom. The van der Waals surface area contributed by atoms with Gasteiger partial charge in [0.1, 0.15) is 0 Å². The number of sulfonamides is 1. The fraction of sp³-hybridized carbons (Fsp3) is 0.300. The molecule has 0 aromatic heterocycles. The largest absolute Gasteiger partial charge is 0.324 e. The molecule has 5 nitrogen and oxygen atoms in total. The first-order valence-corrected chi connectivity index (χ1v) is 6.59. The van der Waals surface area contributed by atoms with Crippen LogP contribution in [0.2, 0.25) is 0 Å². The van der Waals surface area contributed by atoms with Crippen molar-refractivity contribution in [3.05, 3.63) is 35.9 Å². The van der Waals surface area contributed by atoms with E-state index in [2.05, 4.69) is 0 Å². The Bertz CT molecular complexity index is 456. The zero-order valence-electron chi connectivity index (χ0n) is 8.88. The van der Waals surface area contributed by atoms with Crippen LogP contribution in [0.15, 0.2) is 30.3 Å². The Morgan fingerprint density at radius 1 is 1.38 bits per heavy atom. The summed E-state index contributed by atoms with van der Waals surface area (Å²) in [6.07, 6.45) is 0.871. The first kappa shape index (κ1) is 12.7. The molecule has 1 atom stereocenters. The number of nitrogens with one attached hydrogen (secondary N) is 1. The van der Waals surface area contributed by atoms with Crippen molar-refractivity contribution in [3.63, 3.8) is 0 Å². The summed E-state index contributed by atoms with van der Waals surface area (Å²) in [5, 5.41) is 0. The van der Waals surface area contributed by atoms with E-state index in [4.69, 9.17) is 5.73 Å². The Labute approximate surface area is 94.7 Å². The van der Waals surface area contributed by atoms with Crippen LogP contribution in [-0.2, 0) is 14.8 Å². The molecule has 6 heteroatoms. The Morgan fingerprint density at radius 3 is 2.44 bits per heavy atom. The van der Waals surface area contributed by atoms with Gasteiger partial charge in [0, 0.05) is 12.5 Å². The van der Waals surface area contributed by atoms with Crippen LogP contribution in [0.1, 0.15) is 18.0 Å². The fourth-order valence-electron chi connectivity index (χ4n) is 1.27. The summed E-state index contributed by atoms with van der Waals surface area (Å²) in [7, 11) is -3.51. The van der Waals surface area contributed by atoms with Gasteiger partial charge in [0.2, 0.25) is 15.9 Å². The fourth-order valence-corrected chi connectivity index (χ4v) is 1.76. The highest BCUT2D eigenvalue weighted by Gasteiger charge is 2.14. The molecule has 0 saturated carbocycles. The zero-order valence-corrected chi connectivity index (χ0v) is 9.70. The molecule has 0 radical (unpaired) electrons. The molecule has 0 fully saturated rings. The van der Waals surface area contributed by atoms with Gasteiger partial charge in [-0.1, -0.05) is 30.3 Å². The van der Waals surface area contributed by atoms with Gasteiger partial charge < -0.3 is 5.73 Å². The molecule has 0 aliphatic heterocycles. The number of amides is 1. The first-order chi connectivity index (χ1) is 7.38. The van der Waals surface area contributed by atoms with Crippen molar-refractivity contribution in [2.75, 3.05) is 6.26 Å². The lowest BCUT2D eigenvalue weighted by molar-refractivity contribution is -0.119. The van der Waals surface area contributed by atoms with Crippen molar-refractivity contribution in [1.82, 2.24) is 4.72 Å². The van der Waals surface area contributed by atoms with Gasteiger partial charge in [0.15, 0.2) is 0 Å². The van der Waals surface area contributed by atoms with Crippen molar-refractivity contribution < 1.29 is 13.2 Å². The lowest BCUT2D eigenvalue weighted by Gasteiger charge is -2.11. The number of benzene rings is 1. The second kappa shape index (κ2) is 5.09. The van der Waals surface area contributed by atoms with E-state index in [1.165, 1.54) is 0 Å². The SMILES string of the molecule is CS(=O)(=O)NC(=O)CC(N)c1ccccc1. The van der Waals surface area contributed by atoms with E-state index in [0.29, 0.717) is 0 Å². The standard InChI is InChI=1S/C10H14N2O3S/c1-16(14,15)12-10(13)7-9(11)8-5-3-2-4-6-8/h2-6,9H,7,11H2,1H3,(H,12,13). The lowest BCUT2D eigenvalue weighted by atomic mass is 10.1. The van der Waals surface area contributed by atoms with Gasteiger partial charge in [-0.2, -0.15) is 0 Å². The molecule has 0 saturated heterocycles. The number of carbonyl (C=O) groups excluding carboxylic acids is 1. The van der Waals surface area contributed by atoms with Gasteiger partial charge in [-0.3, -0.25) is 9.52 Å². The summed E-state index contributed by atoms with van der Waals surface area (Å²) in [6, 6.07) is 8.54. The molecular formula is C10H14N2O3S. The number of nitrogens with two attached hydrogens (primary N) is 1. The molecule has 3 N–H and O–H groups in total. The molecule has 88 valence electrons.